The average Bonchev–Trinajstić information content (AvgIpc) is 2.55. The van der Waals surface area contributed by atoms with Gasteiger partial charge in [0.2, 0.25) is 5.91 Å². The molecule has 1 aliphatic rings. The molecule has 0 bridgehead atoms. The molecule has 2 nitrogen and oxygen atoms in total. The topological polar surface area (TPSA) is 20.3 Å². The maximum absolute atomic E-state index is 12.1. The standard InChI is InChI=1S/C16H13Br2NO/c1-10(20)19-15-6-4-13(17)8-11(15)2-3-12-9-14(18)5-7-16(12)19/h4-9H,2-3H2,1H3. The molecule has 0 aromatic heterocycles. The average molecular weight is 395 g/mol. The van der Waals surface area contributed by atoms with Crippen LogP contribution in [0.25, 0.3) is 0 Å². The van der Waals surface area contributed by atoms with Crippen LogP contribution in [0.4, 0.5) is 11.4 Å². The summed E-state index contributed by atoms with van der Waals surface area (Å²) in [6.45, 7) is 1.61. The van der Waals surface area contributed by atoms with Gasteiger partial charge in [-0.3, -0.25) is 9.69 Å². The molecule has 0 spiro atoms. The van der Waals surface area contributed by atoms with E-state index < -0.39 is 0 Å². The number of anilines is 2. The smallest absolute Gasteiger partial charge is 0.228 e. The zero-order chi connectivity index (χ0) is 14.3. The molecule has 0 aliphatic carbocycles. The van der Waals surface area contributed by atoms with Crippen LogP contribution in [0.15, 0.2) is 45.3 Å². The van der Waals surface area contributed by atoms with Crippen molar-refractivity contribution < 1.29 is 4.79 Å². The van der Waals surface area contributed by atoms with Crippen LogP contribution in [-0.2, 0) is 17.6 Å². The largest absolute Gasteiger partial charge is 0.281 e. The first-order valence-corrected chi connectivity index (χ1v) is 8.02. The lowest BCUT2D eigenvalue weighted by molar-refractivity contribution is -0.115. The second-order valence-corrected chi connectivity index (χ2v) is 6.73. The van der Waals surface area contributed by atoms with Gasteiger partial charge < -0.3 is 0 Å². The summed E-state index contributed by atoms with van der Waals surface area (Å²) in [5.41, 5.74) is 4.37. The van der Waals surface area contributed by atoms with Crippen molar-refractivity contribution in [3.05, 3.63) is 56.5 Å². The van der Waals surface area contributed by atoms with Crippen LogP contribution in [0.5, 0.6) is 0 Å². The number of rotatable bonds is 0. The second-order valence-electron chi connectivity index (χ2n) is 4.90. The van der Waals surface area contributed by atoms with Gasteiger partial charge in [-0.25, -0.2) is 0 Å². The predicted molar refractivity (Wildman–Crippen MR) is 88.5 cm³/mol. The molecule has 0 saturated heterocycles. The molecule has 1 aliphatic heterocycles. The Morgan fingerprint density at radius 3 is 1.80 bits per heavy atom. The van der Waals surface area contributed by atoms with E-state index in [2.05, 4.69) is 44.0 Å². The summed E-state index contributed by atoms with van der Waals surface area (Å²) >= 11 is 7.02. The predicted octanol–water partition coefficient (Wildman–Crippen LogP) is 4.99. The van der Waals surface area contributed by atoms with E-state index in [0.717, 1.165) is 33.2 Å². The van der Waals surface area contributed by atoms with Gasteiger partial charge in [-0.1, -0.05) is 31.9 Å². The number of aryl methyl sites for hydroxylation is 2. The lowest BCUT2D eigenvalue weighted by Gasteiger charge is -2.23. The molecule has 1 amide bonds. The highest BCUT2D eigenvalue weighted by molar-refractivity contribution is 9.10. The van der Waals surface area contributed by atoms with Crippen molar-refractivity contribution in [3.8, 4) is 0 Å². The Hall–Kier alpha value is -1.13. The minimum atomic E-state index is 0.0408. The van der Waals surface area contributed by atoms with Crippen LogP contribution in [0, 0.1) is 0 Å². The van der Waals surface area contributed by atoms with Crippen molar-refractivity contribution in [1.82, 2.24) is 0 Å². The first-order chi connectivity index (χ1) is 9.56. The normalized spacial score (nSPS) is 13.4. The van der Waals surface area contributed by atoms with E-state index in [-0.39, 0.29) is 5.91 Å². The van der Waals surface area contributed by atoms with Gasteiger partial charge in [-0.2, -0.15) is 0 Å². The van der Waals surface area contributed by atoms with Gasteiger partial charge in [-0.15, -0.1) is 0 Å². The number of carbonyl (C=O) groups is 1. The van der Waals surface area contributed by atoms with E-state index >= 15 is 0 Å². The highest BCUT2D eigenvalue weighted by Crippen LogP contribution is 2.38. The van der Waals surface area contributed by atoms with Gasteiger partial charge in [-0.05, 0) is 60.4 Å². The summed E-state index contributed by atoms with van der Waals surface area (Å²) < 4.78 is 2.10. The van der Waals surface area contributed by atoms with Crippen LogP contribution < -0.4 is 4.90 Å². The molecular formula is C16H13Br2NO. The van der Waals surface area contributed by atoms with Gasteiger partial charge in [0.25, 0.3) is 0 Å². The third kappa shape index (κ3) is 2.42. The minimum Gasteiger partial charge on any atom is -0.281 e. The van der Waals surface area contributed by atoms with E-state index in [1.54, 1.807) is 6.92 Å². The SMILES string of the molecule is CC(=O)N1c2ccc(Br)cc2CCc2cc(Br)ccc21. The molecule has 4 heteroatoms. The highest BCUT2D eigenvalue weighted by Gasteiger charge is 2.23. The summed E-state index contributed by atoms with van der Waals surface area (Å²) in [5, 5.41) is 0. The lowest BCUT2D eigenvalue weighted by atomic mass is 10.0. The van der Waals surface area contributed by atoms with Crippen molar-refractivity contribution >= 4 is 49.1 Å². The number of hydrogen-bond donors (Lipinski definition) is 0. The Morgan fingerprint density at radius 2 is 1.40 bits per heavy atom. The molecule has 3 rings (SSSR count). The third-order valence-corrected chi connectivity index (χ3v) is 4.53. The summed E-state index contributed by atoms with van der Waals surface area (Å²) in [6, 6.07) is 12.2. The molecule has 0 N–H and O–H groups in total. The fourth-order valence-corrected chi connectivity index (χ4v) is 3.50. The fourth-order valence-electron chi connectivity index (χ4n) is 2.68. The molecule has 102 valence electrons. The highest BCUT2D eigenvalue weighted by atomic mass is 79.9. The number of carbonyl (C=O) groups excluding carboxylic acids is 1. The van der Waals surface area contributed by atoms with Gasteiger partial charge >= 0.3 is 0 Å². The summed E-state index contributed by atoms with van der Waals surface area (Å²) in [5.74, 6) is 0.0408. The molecule has 0 radical (unpaired) electrons. The van der Waals surface area contributed by atoms with Crippen LogP contribution in [0.1, 0.15) is 18.1 Å². The Labute approximate surface area is 135 Å². The van der Waals surface area contributed by atoms with E-state index in [1.807, 2.05) is 29.2 Å². The number of halogens is 2. The van der Waals surface area contributed by atoms with Crippen molar-refractivity contribution in [2.75, 3.05) is 4.90 Å². The van der Waals surface area contributed by atoms with Crippen molar-refractivity contribution in [3.63, 3.8) is 0 Å². The van der Waals surface area contributed by atoms with E-state index in [9.17, 15) is 4.79 Å². The van der Waals surface area contributed by atoms with Gasteiger partial charge in [0.15, 0.2) is 0 Å². The van der Waals surface area contributed by atoms with Crippen LogP contribution >= 0.6 is 31.9 Å². The summed E-state index contributed by atoms with van der Waals surface area (Å²) in [6.07, 6.45) is 1.87. The molecule has 2 aromatic carbocycles. The lowest BCUT2D eigenvalue weighted by Crippen LogP contribution is -2.23. The molecule has 0 saturated carbocycles. The van der Waals surface area contributed by atoms with Gasteiger partial charge in [0.1, 0.15) is 0 Å². The quantitative estimate of drug-likeness (QED) is 0.615. The number of nitrogens with zero attached hydrogens (tertiary/aromatic N) is 1. The maximum atomic E-state index is 12.1. The van der Waals surface area contributed by atoms with Crippen molar-refractivity contribution in [2.45, 2.75) is 19.8 Å². The van der Waals surface area contributed by atoms with Crippen LogP contribution in [0.3, 0.4) is 0 Å². The minimum absolute atomic E-state index is 0.0408. The van der Waals surface area contributed by atoms with E-state index in [0.29, 0.717) is 0 Å². The molecular weight excluding hydrogens is 382 g/mol. The monoisotopic (exact) mass is 393 g/mol. The Morgan fingerprint density at radius 1 is 0.950 bits per heavy atom. The van der Waals surface area contributed by atoms with E-state index in [4.69, 9.17) is 0 Å². The molecule has 0 atom stereocenters. The van der Waals surface area contributed by atoms with Gasteiger partial charge in [0, 0.05) is 15.9 Å². The van der Waals surface area contributed by atoms with Crippen molar-refractivity contribution in [2.24, 2.45) is 0 Å². The second kappa shape index (κ2) is 5.34. The Balaban J connectivity index is 2.23. The van der Waals surface area contributed by atoms with E-state index in [1.165, 1.54) is 11.1 Å². The Bertz CT molecular complexity index is 643. The third-order valence-electron chi connectivity index (χ3n) is 3.54. The first-order valence-electron chi connectivity index (χ1n) is 6.44. The number of amides is 1. The van der Waals surface area contributed by atoms with Crippen LogP contribution in [0.2, 0.25) is 0 Å². The number of benzene rings is 2. The van der Waals surface area contributed by atoms with Crippen LogP contribution in [-0.4, -0.2) is 5.91 Å². The van der Waals surface area contributed by atoms with Crippen molar-refractivity contribution in [1.29, 1.82) is 0 Å². The summed E-state index contributed by atoms with van der Waals surface area (Å²) in [7, 11) is 0. The zero-order valence-corrected chi connectivity index (χ0v) is 14.2. The summed E-state index contributed by atoms with van der Waals surface area (Å²) in [4.78, 5) is 14.0. The Kier molecular flexibility index (Phi) is 3.69. The number of fused-ring (bicyclic) bond motifs is 2. The first kappa shape index (κ1) is 13.8. The maximum Gasteiger partial charge on any atom is 0.228 e. The molecule has 0 unspecified atom stereocenters. The molecule has 0 fully saturated rings. The zero-order valence-electron chi connectivity index (χ0n) is 11.0. The number of hydrogen-bond acceptors (Lipinski definition) is 1. The molecule has 1 heterocycles. The fraction of sp³-hybridized carbons (Fsp3) is 0.188. The van der Waals surface area contributed by atoms with Gasteiger partial charge in [0.05, 0.1) is 11.4 Å². The molecule has 20 heavy (non-hydrogen) atoms. The molecule has 2 aromatic rings.